The van der Waals surface area contributed by atoms with Gasteiger partial charge in [0.1, 0.15) is 4.33 Å². The quantitative estimate of drug-likeness (QED) is 0.625. The van der Waals surface area contributed by atoms with Crippen LogP contribution in [0.1, 0.15) is 32.3 Å². The van der Waals surface area contributed by atoms with Gasteiger partial charge in [-0.05, 0) is 24.8 Å². The summed E-state index contributed by atoms with van der Waals surface area (Å²) in [5.41, 5.74) is 0.679. The number of benzene rings is 1. The van der Waals surface area contributed by atoms with E-state index < -0.39 is 9.75 Å². The van der Waals surface area contributed by atoms with E-state index in [1.54, 1.807) is 0 Å². The van der Waals surface area contributed by atoms with E-state index in [1.165, 1.54) is 5.56 Å². The fourth-order valence-corrected chi connectivity index (χ4v) is 4.02. The van der Waals surface area contributed by atoms with Gasteiger partial charge in [0, 0.05) is 12.5 Å². The number of amides is 1. The number of hydrogen-bond donors (Lipinski definition) is 1. The van der Waals surface area contributed by atoms with Crippen LogP contribution in [0.5, 0.6) is 0 Å². The van der Waals surface area contributed by atoms with Gasteiger partial charge in [0.05, 0.1) is 5.41 Å². The Morgan fingerprint density at radius 3 is 2.40 bits per heavy atom. The Labute approximate surface area is 130 Å². The van der Waals surface area contributed by atoms with Crippen LogP contribution < -0.4 is 5.32 Å². The van der Waals surface area contributed by atoms with Crippen molar-refractivity contribution in [1.82, 2.24) is 5.32 Å². The molecule has 0 spiro atoms. The normalized spacial score (nSPS) is 27.1. The number of carbonyl (C=O) groups excluding carboxylic acids is 1. The van der Waals surface area contributed by atoms with Gasteiger partial charge >= 0.3 is 0 Å². The zero-order chi connectivity index (χ0) is 14.8. The molecule has 2 unspecified atom stereocenters. The van der Waals surface area contributed by atoms with Crippen molar-refractivity contribution in [2.45, 2.75) is 37.4 Å². The van der Waals surface area contributed by atoms with Gasteiger partial charge in [-0.3, -0.25) is 4.79 Å². The molecular weight excluding hydrogens is 293 g/mol. The second-order valence-corrected chi connectivity index (χ2v) is 6.90. The van der Waals surface area contributed by atoms with Gasteiger partial charge in [0.2, 0.25) is 5.91 Å². The van der Waals surface area contributed by atoms with Gasteiger partial charge in [0.25, 0.3) is 0 Å². The summed E-state index contributed by atoms with van der Waals surface area (Å²) in [7, 11) is 0. The molecule has 1 aliphatic rings. The number of aryl methyl sites for hydroxylation is 1. The molecule has 2 rings (SSSR count). The molecule has 1 N–H and O–H groups in total. The van der Waals surface area contributed by atoms with Crippen LogP contribution in [0.4, 0.5) is 0 Å². The highest BCUT2D eigenvalue weighted by Gasteiger charge is 2.76. The molecule has 1 saturated carbocycles. The number of halogens is 2. The summed E-state index contributed by atoms with van der Waals surface area (Å²) in [5, 5.41) is 2.98. The maximum Gasteiger partial charge on any atom is 0.229 e. The lowest BCUT2D eigenvalue weighted by Gasteiger charge is -2.16. The molecule has 0 aromatic heterocycles. The SMILES string of the molecule is CCC1(C(=O)NCCCc2ccccc2)C(C)C1(Cl)Cl. The van der Waals surface area contributed by atoms with E-state index in [2.05, 4.69) is 17.4 Å². The lowest BCUT2D eigenvalue weighted by atomic mass is 9.99. The molecule has 0 aliphatic heterocycles. The summed E-state index contributed by atoms with van der Waals surface area (Å²) in [6.45, 7) is 4.56. The van der Waals surface area contributed by atoms with E-state index in [-0.39, 0.29) is 11.8 Å². The predicted molar refractivity (Wildman–Crippen MR) is 84.1 cm³/mol. The van der Waals surface area contributed by atoms with Crippen LogP contribution in [0, 0.1) is 11.3 Å². The molecule has 1 amide bonds. The maximum absolute atomic E-state index is 12.3. The summed E-state index contributed by atoms with van der Waals surface area (Å²) in [6, 6.07) is 10.3. The number of alkyl halides is 2. The van der Waals surface area contributed by atoms with E-state index >= 15 is 0 Å². The highest BCUT2D eigenvalue weighted by molar-refractivity contribution is 6.53. The average Bonchev–Trinajstić information content (AvgIpc) is 2.90. The lowest BCUT2D eigenvalue weighted by molar-refractivity contribution is -0.127. The molecule has 4 heteroatoms. The van der Waals surface area contributed by atoms with Crippen LogP contribution in [0.3, 0.4) is 0 Å². The van der Waals surface area contributed by atoms with Crippen LogP contribution in [-0.2, 0) is 11.2 Å². The summed E-state index contributed by atoms with van der Waals surface area (Å²) in [5.74, 6) is 0.00279. The highest BCUT2D eigenvalue weighted by Crippen LogP contribution is 2.70. The zero-order valence-electron chi connectivity index (χ0n) is 12.0. The van der Waals surface area contributed by atoms with Crippen molar-refractivity contribution in [3.8, 4) is 0 Å². The maximum atomic E-state index is 12.3. The fraction of sp³-hybridized carbons (Fsp3) is 0.562. The molecule has 0 bridgehead atoms. The third-order valence-electron chi connectivity index (χ3n) is 4.53. The van der Waals surface area contributed by atoms with Crippen molar-refractivity contribution in [3.63, 3.8) is 0 Å². The van der Waals surface area contributed by atoms with Gasteiger partial charge in [-0.1, -0.05) is 44.2 Å². The first-order chi connectivity index (χ1) is 9.46. The lowest BCUT2D eigenvalue weighted by Crippen LogP contribution is -2.36. The first-order valence-corrected chi connectivity index (χ1v) is 7.92. The number of nitrogens with one attached hydrogen (secondary N) is 1. The second-order valence-electron chi connectivity index (χ2n) is 5.51. The van der Waals surface area contributed by atoms with E-state index in [1.807, 2.05) is 32.0 Å². The minimum absolute atomic E-state index is 0.00874. The Morgan fingerprint density at radius 2 is 1.90 bits per heavy atom. The van der Waals surface area contributed by atoms with E-state index in [0.29, 0.717) is 13.0 Å². The molecule has 0 radical (unpaired) electrons. The largest absolute Gasteiger partial charge is 0.356 e. The van der Waals surface area contributed by atoms with Crippen LogP contribution in [0.15, 0.2) is 30.3 Å². The van der Waals surface area contributed by atoms with E-state index in [9.17, 15) is 4.79 Å². The smallest absolute Gasteiger partial charge is 0.229 e. The molecule has 110 valence electrons. The van der Waals surface area contributed by atoms with Crippen LogP contribution in [0.2, 0.25) is 0 Å². The van der Waals surface area contributed by atoms with E-state index in [4.69, 9.17) is 23.2 Å². The van der Waals surface area contributed by atoms with E-state index in [0.717, 1.165) is 12.8 Å². The van der Waals surface area contributed by atoms with Crippen molar-refractivity contribution in [2.24, 2.45) is 11.3 Å². The fourth-order valence-electron chi connectivity index (χ4n) is 2.99. The van der Waals surface area contributed by atoms with Crippen molar-refractivity contribution in [1.29, 1.82) is 0 Å². The van der Waals surface area contributed by atoms with Crippen molar-refractivity contribution in [2.75, 3.05) is 6.54 Å². The van der Waals surface area contributed by atoms with Crippen LogP contribution in [0.25, 0.3) is 0 Å². The molecule has 1 aromatic rings. The predicted octanol–water partition coefficient (Wildman–Crippen LogP) is 3.96. The van der Waals surface area contributed by atoms with Crippen LogP contribution >= 0.6 is 23.2 Å². The summed E-state index contributed by atoms with van der Waals surface area (Å²) in [4.78, 5) is 12.3. The molecule has 0 heterocycles. The molecule has 0 saturated heterocycles. The van der Waals surface area contributed by atoms with Crippen molar-refractivity contribution in [3.05, 3.63) is 35.9 Å². The van der Waals surface area contributed by atoms with Crippen molar-refractivity contribution >= 4 is 29.1 Å². The Kier molecular flexibility index (Phi) is 4.66. The molecule has 2 atom stereocenters. The minimum Gasteiger partial charge on any atom is -0.356 e. The number of hydrogen-bond acceptors (Lipinski definition) is 1. The Hall–Kier alpha value is -0.730. The topological polar surface area (TPSA) is 29.1 Å². The standard InChI is InChI=1S/C16H21Cl2NO/c1-3-15(12(2)16(15,17)18)14(20)19-11-7-10-13-8-5-4-6-9-13/h4-6,8-9,12H,3,7,10-11H2,1-2H3,(H,19,20). The Morgan fingerprint density at radius 1 is 1.30 bits per heavy atom. The zero-order valence-corrected chi connectivity index (χ0v) is 13.5. The van der Waals surface area contributed by atoms with Crippen LogP contribution in [-0.4, -0.2) is 16.8 Å². The first kappa shape index (κ1) is 15.7. The summed E-state index contributed by atoms with van der Waals surface area (Å²) >= 11 is 12.4. The van der Waals surface area contributed by atoms with Gasteiger partial charge in [-0.15, -0.1) is 23.2 Å². The molecule has 1 aliphatic carbocycles. The summed E-state index contributed by atoms with van der Waals surface area (Å²) in [6.07, 6.45) is 2.55. The number of rotatable bonds is 6. The van der Waals surface area contributed by atoms with Gasteiger partial charge in [-0.25, -0.2) is 0 Å². The highest BCUT2D eigenvalue weighted by atomic mass is 35.5. The summed E-state index contributed by atoms with van der Waals surface area (Å²) < 4.78 is -0.911. The average molecular weight is 314 g/mol. The molecule has 1 fully saturated rings. The van der Waals surface area contributed by atoms with Gasteiger partial charge in [-0.2, -0.15) is 0 Å². The first-order valence-electron chi connectivity index (χ1n) is 7.17. The monoisotopic (exact) mass is 313 g/mol. The third-order valence-corrected chi connectivity index (χ3v) is 5.86. The Bertz CT molecular complexity index is 475. The second kappa shape index (κ2) is 5.95. The Balaban J connectivity index is 1.79. The molecular formula is C16H21Cl2NO. The van der Waals surface area contributed by atoms with Crippen molar-refractivity contribution < 1.29 is 4.79 Å². The molecule has 20 heavy (non-hydrogen) atoms. The molecule has 1 aromatic carbocycles. The van der Waals surface area contributed by atoms with Gasteiger partial charge in [0.15, 0.2) is 0 Å². The minimum atomic E-state index is -0.911. The number of carbonyl (C=O) groups is 1. The third kappa shape index (κ3) is 2.56. The molecule has 2 nitrogen and oxygen atoms in total. The van der Waals surface area contributed by atoms with Gasteiger partial charge < -0.3 is 5.32 Å².